The van der Waals surface area contributed by atoms with E-state index in [4.69, 9.17) is 14.2 Å². The van der Waals surface area contributed by atoms with Gasteiger partial charge in [-0.3, -0.25) is 14.4 Å². The van der Waals surface area contributed by atoms with E-state index in [2.05, 4.69) is 118 Å². The fourth-order valence-corrected chi connectivity index (χ4v) is 7.63. The van der Waals surface area contributed by atoms with E-state index in [9.17, 15) is 14.4 Å². The summed E-state index contributed by atoms with van der Waals surface area (Å²) in [4.78, 5) is 38.1. The van der Waals surface area contributed by atoms with Gasteiger partial charge in [0.1, 0.15) is 13.2 Å². The second-order valence-corrected chi connectivity index (χ2v) is 18.4. The molecule has 0 saturated carbocycles. The average molecular weight is 946 g/mol. The first kappa shape index (κ1) is 64.3. The van der Waals surface area contributed by atoms with Gasteiger partial charge in [0.2, 0.25) is 0 Å². The first-order valence-electron chi connectivity index (χ1n) is 28.2. The van der Waals surface area contributed by atoms with E-state index in [1.807, 2.05) is 0 Å². The molecule has 0 amide bonds. The van der Waals surface area contributed by atoms with Crippen LogP contribution in [0.1, 0.15) is 258 Å². The van der Waals surface area contributed by atoms with Gasteiger partial charge in [0.05, 0.1) is 0 Å². The molecule has 0 saturated heterocycles. The van der Waals surface area contributed by atoms with Crippen molar-refractivity contribution in [2.45, 2.75) is 264 Å². The van der Waals surface area contributed by atoms with Crippen molar-refractivity contribution in [1.29, 1.82) is 0 Å². The summed E-state index contributed by atoms with van der Waals surface area (Å²) in [5.41, 5.74) is 0. The minimum Gasteiger partial charge on any atom is -0.462 e. The highest BCUT2D eigenvalue weighted by Gasteiger charge is 2.19. The third-order valence-corrected chi connectivity index (χ3v) is 11.8. The van der Waals surface area contributed by atoms with E-state index < -0.39 is 6.10 Å². The third kappa shape index (κ3) is 53.3. The normalized spacial score (nSPS) is 12.8. The highest BCUT2D eigenvalue weighted by molar-refractivity contribution is 5.71. The number of allylic oxidation sites excluding steroid dienone is 16. The van der Waals surface area contributed by atoms with Crippen molar-refractivity contribution >= 4 is 17.9 Å². The van der Waals surface area contributed by atoms with Gasteiger partial charge in [0, 0.05) is 19.3 Å². The maximum atomic E-state index is 12.8. The molecule has 1 unspecified atom stereocenters. The molecule has 0 spiro atoms. The molecule has 0 aliphatic rings. The molecule has 0 aliphatic heterocycles. The molecular weight excluding hydrogens is 841 g/mol. The number of carbonyl (C=O) groups is 3. The number of unbranched alkanes of at least 4 members (excludes halogenated alkanes) is 23. The number of ether oxygens (including phenoxy) is 3. The molecule has 388 valence electrons. The van der Waals surface area contributed by atoms with Crippen LogP contribution in [-0.4, -0.2) is 37.2 Å². The lowest BCUT2D eigenvalue weighted by Crippen LogP contribution is -2.30. The molecule has 0 aromatic heterocycles. The average Bonchev–Trinajstić information content (AvgIpc) is 3.34. The lowest BCUT2D eigenvalue weighted by molar-refractivity contribution is -0.167. The molecule has 0 aromatic carbocycles. The van der Waals surface area contributed by atoms with Crippen molar-refractivity contribution in [2.75, 3.05) is 13.2 Å². The SMILES string of the molecule is CC/C=C\C/C=C\C/C=C\C/C=C\CCCCCCCCCCCCC(=O)OCC(COC(=O)CCCCCCC/C=C\CCC)OC(=O)CCCCCCCCC/C=C\C/C=C\C/C=C\CC. The Bertz CT molecular complexity index is 1360. The summed E-state index contributed by atoms with van der Waals surface area (Å²) in [6, 6.07) is 0. The van der Waals surface area contributed by atoms with Gasteiger partial charge in [-0.2, -0.15) is 0 Å². The zero-order valence-corrected chi connectivity index (χ0v) is 44.3. The molecular formula is C62H104O6. The first-order valence-corrected chi connectivity index (χ1v) is 28.2. The van der Waals surface area contributed by atoms with Gasteiger partial charge >= 0.3 is 17.9 Å². The van der Waals surface area contributed by atoms with Crippen molar-refractivity contribution in [3.63, 3.8) is 0 Å². The van der Waals surface area contributed by atoms with E-state index in [1.54, 1.807) is 0 Å². The Hall–Kier alpha value is -3.67. The minimum absolute atomic E-state index is 0.0868. The lowest BCUT2D eigenvalue weighted by Gasteiger charge is -2.18. The lowest BCUT2D eigenvalue weighted by atomic mass is 10.1. The Kier molecular flexibility index (Phi) is 52.9. The Labute approximate surface area is 419 Å². The summed E-state index contributed by atoms with van der Waals surface area (Å²) in [7, 11) is 0. The van der Waals surface area contributed by atoms with Crippen molar-refractivity contribution in [2.24, 2.45) is 0 Å². The van der Waals surface area contributed by atoms with Gasteiger partial charge in [0.15, 0.2) is 6.10 Å². The third-order valence-electron chi connectivity index (χ3n) is 11.8. The zero-order valence-electron chi connectivity index (χ0n) is 44.3. The highest BCUT2D eigenvalue weighted by atomic mass is 16.6. The number of rotatable bonds is 50. The Morgan fingerprint density at radius 1 is 0.309 bits per heavy atom. The van der Waals surface area contributed by atoms with Crippen molar-refractivity contribution in [1.82, 2.24) is 0 Å². The number of hydrogen-bond donors (Lipinski definition) is 0. The van der Waals surface area contributed by atoms with Crippen LogP contribution in [-0.2, 0) is 28.6 Å². The van der Waals surface area contributed by atoms with E-state index >= 15 is 0 Å². The van der Waals surface area contributed by atoms with Gasteiger partial charge in [-0.15, -0.1) is 0 Å². The Morgan fingerprint density at radius 3 is 0.912 bits per heavy atom. The van der Waals surface area contributed by atoms with Crippen molar-refractivity contribution < 1.29 is 28.6 Å². The van der Waals surface area contributed by atoms with Crippen LogP contribution in [0.3, 0.4) is 0 Å². The van der Waals surface area contributed by atoms with Crippen LogP contribution in [0.25, 0.3) is 0 Å². The summed E-state index contributed by atoms with van der Waals surface area (Å²) in [5.74, 6) is -0.910. The molecule has 68 heavy (non-hydrogen) atoms. The summed E-state index contributed by atoms with van der Waals surface area (Å²) in [6.45, 7) is 6.34. The summed E-state index contributed by atoms with van der Waals surface area (Å²) >= 11 is 0. The standard InChI is InChI=1S/C62H104O6/c1-4-7-10-13-16-19-22-24-26-28-29-30-31-32-33-35-36-38-40-43-46-49-52-55-61(64)67-58-59(57-66-60(63)54-51-48-45-42-21-18-15-12-9-6-3)68-62(65)56-53-50-47-44-41-39-37-34-27-25-23-20-17-14-11-8-5-2/h7-8,10-12,15-17,19-20,24-27,29-30,59H,4-6,9,13-14,18,21-23,28,31-58H2,1-3H3/b10-7-,11-8-,15-12-,19-16-,20-17-,26-24-,27-25-,30-29-. The summed E-state index contributed by atoms with van der Waals surface area (Å²) in [6.07, 6.45) is 74.0. The molecule has 0 aliphatic carbocycles. The summed E-state index contributed by atoms with van der Waals surface area (Å²) < 4.78 is 16.8. The molecule has 0 rings (SSSR count). The predicted molar refractivity (Wildman–Crippen MR) is 293 cm³/mol. The Balaban J connectivity index is 4.31. The molecule has 0 aromatic rings. The van der Waals surface area contributed by atoms with E-state index in [-0.39, 0.29) is 31.1 Å². The van der Waals surface area contributed by atoms with Gasteiger partial charge in [-0.05, 0) is 109 Å². The molecule has 1 atom stereocenters. The van der Waals surface area contributed by atoms with Crippen LogP contribution in [0.4, 0.5) is 0 Å². The molecule has 0 fully saturated rings. The second-order valence-electron chi connectivity index (χ2n) is 18.4. The fourth-order valence-electron chi connectivity index (χ4n) is 7.63. The Morgan fingerprint density at radius 2 is 0.574 bits per heavy atom. The van der Waals surface area contributed by atoms with Crippen LogP contribution < -0.4 is 0 Å². The van der Waals surface area contributed by atoms with Crippen LogP contribution in [0.15, 0.2) is 97.2 Å². The van der Waals surface area contributed by atoms with Crippen molar-refractivity contribution in [3.05, 3.63) is 97.2 Å². The van der Waals surface area contributed by atoms with Gasteiger partial charge in [-0.25, -0.2) is 0 Å². The quantitative estimate of drug-likeness (QED) is 0.0262. The van der Waals surface area contributed by atoms with Crippen LogP contribution in [0.5, 0.6) is 0 Å². The molecule has 0 heterocycles. The number of carbonyl (C=O) groups excluding carboxylic acids is 3. The van der Waals surface area contributed by atoms with E-state index in [1.165, 1.54) is 89.9 Å². The van der Waals surface area contributed by atoms with Crippen LogP contribution in [0, 0.1) is 0 Å². The topological polar surface area (TPSA) is 78.9 Å². The van der Waals surface area contributed by atoms with Gasteiger partial charge in [0.25, 0.3) is 0 Å². The zero-order chi connectivity index (χ0) is 49.3. The maximum absolute atomic E-state index is 12.8. The second kappa shape index (κ2) is 55.9. The maximum Gasteiger partial charge on any atom is 0.306 e. The van der Waals surface area contributed by atoms with Gasteiger partial charge in [-0.1, -0.05) is 227 Å². The van der Waals surface area contributed by atoms with Crippen LogP contribution >= 0.6 is 0 Å². The molecule has 0 N–H and O–H groups in total. The molecule has 0 bridgehead atoms. The smallest absolute Gasteiger partial charge is 0.306 e. The highest BCUT2D eigenvalue weighted by Crippen LogP contribution is 2.15. The molecule has 0 radical (unpaired) electrons. The van der Waals surface area contributed by atoms with Crippen molar-refractivity contribution in [3.8, 4) is 0 Å². The number of hydrogen-bond acceptors (Lipinski definition) is 6. The first-order chi connectivity index (χ1) is 33.5. The van der Waals surface area contributed by atoms with E-state index in [0.717, 1.165) is 128 Å². The minimum atomic E-state index is -0.788. The largest absolute Gasteiger partial charge is 0.462 e. The number of esters is 3. The molecule has 6 nitrogen and oxygen atoms in total. The van der Waals surface area contributed by atoms with Crippen LogP contribution in [0.2, 0.25) is 0 Å². The molecule has 6 heteroatoms. The fraction of sp³-hybridized carbons (Fsp3) is 0.694. The summed E-state index contributed by atoms with van der Waals surface area (Å²) in [5, 5.41) is 0. The predicted octanol–water partition coefficient (Wildman–Crippen LogP) is 18.9. The van der Waals surface area contributed by atoms with E-state index in [0.29, 0.717) is 19.3 Å². The monoisotopic (exact) mass is 945 g/mol. The van der Waals surface area contributed by atoms with Gasteiger partial charge < -0.3 is 14.2 Å².